The summed E-state index contributed by atoms with van der Waals surface area (Å²) in [5.41, 5.74) is 1.11. The van der Waals surface area contributed by atoms with Gasteiger partial charge in [-0.3, -0.25) is 0 Å². The number of hydrogen-bond donors (Lipinski definition) is 1. The molecule has 0 aliphatic carbocycles. The van der Waals surface area contributed by atoms with Crippen LogP contribution in [0.4, 0.5) is 4.39 Å². The molecule has 0 amide bonds. The van der Waals surface area contributed by atoms with E-state index in [1.807, 2.05) is 42.1 Å². The van der Waals surface area contributed by atoms with E-state index in [9.17, 15) is 4.39 Å². The zero-order valence-electron chi connectivity index (χ0n) is 10.1. The van der Waals surface area contributed by atoms with Crippen molar-refractivity contribution in [3.63, 3.8) is 0 Å². The number of rotatable bonds is 6. The predicted octanol–water partition coefficient (Wildman–Crippen LogP) is 3.71. The molecule has 0 radical (unpaired) electrons. The third kappa shape index (κ3) is 4.51. The molecule has 2 rings (SSSR count). The molecule has 1 N–H and O–H groups in total. The summed E-state index contributed by atoms with van der Waals surface area (Å²) in [7, 11) is 0. The van der Waals surface area contributed by atoms with Crippen molar-refractivity contribution in [3.05, 3.63) is 66.0 Å². The molecule has 1 nitrogen and oxygen atoms in total. The Bertz CT molecular complexity index is 456. The van der Waals surface area contributed by atoms with Gasteiger partial charge in [-0.1, -0.05) is 30.3 Å². The Labute approximate surface area is 111 Å². The van der Waals surface area contributed by atoms with Crippen LogP contribution in [-0.4, -0.2) is 12.3 Å². The Kier molecular flexibility index (Phi) is 5.24. The van der Waals surface area contributed by atoms with Gasteiger partial charge in [0.05, 0.1) is 0 Å². The number of hydrogen-bond acceptors (Lipinski definition) is 2. The van der Waals surface area contributed by atoms with E-state index in [4.69, 9.17) is 0 Å². The van der Waals surface area contributed by atoms with E-state index in [1.165, 1.54) is 17.0 Å². The maximum Gasteiger partial charge on any atom is 0.123 e. The summed E-state index contributed by atoms with van der Waals surface area (Å²) < 4.78 is 12.7. The molecule has 2 aromatic rings. The summed E-state index contributed by atoms with van der Waals surface area (Å²) in [6.45, 7) is 1.73. The largest absolute Gasteiger partial charge is 0.312 e. The molecule has 0 saturated carbocycles. The van der Waals surface area contributed by atoms with Crippen LogP contribution in [0.1, 0.15) is 5.56 Å². The van der Waals surface area contributed by atoms with Gasteiger partial charge < -0.3 is 5.32 Å². The first-order chi connectivity index (χ1) is 8.84. The molecule has 0 fully saturated rings. The molecule has 94 valence electrons. The van der Waals surface area contributed by atoms with Crippen molar-refractivity contribution in [2.24, 2.45) is 0 Å². The van der Waals surface area contributed by atoms with Crippen molar-refractivity contribution in [2.75, 3.05) is 12.3 Å². The molecule has 0 saturated heterocycles. The van der Waals surface area contributed by atoms with Gasteiger partial charge in [-0.2, -0.15) is 0 Å². The van der Waals surface area contributed by atoms with Crippen LogP contribution in [0.25, 0.3) is 0 Å². The fourth-order valence-electron chi connectivity index (χ4n) is 1.59. The highest BCUT2D eigenvalue weighted by molar-refractivity contribution is 7.99. The van der Waals surface area contributed by atoms with Crippen molar-refractivity contribution >= 4 is 11.8 Å². The number of nitrogens with one attached hydrogen (secondary N) is 1. The van der Waals surface area contributed by atoms with Gasteiger partial charge in [0.1, 0.15) is 5.82 Å². The van der Waals surface area contributed by atoms with E-state index in [-0.39, 0.29) is 5.82 Å². The first kappa shape index (κ1) is 13.1. The van der Waals surface area contributed by atoms with Crippen molar-refractivity contribution in [3.8, 4) is 0 Å². The second-order valence-electron chi connectivity index (χ2n) is 3.96. The summed E-state index contributed by atoms with van der Waals surface area (Å²) in [5, 5.41) is 3.35. The normalized spacial score (nSPS) is 10.5. The Morgan fingerprint density at radius 1 is 0.944 bits per heavy atom. The van der Waals surface area contributed by atoms with Crippen LogP contribution in [0.15, 0.2) is 59.5 Å². The fraction of sp³-hybridized carbons (Fsp3) is 0.200. The second kappa shape index (κ2) is 7.19. The summed E-state index contributed by atoms with van der Waals surface area (Å²) in [4.78, 5) is 1.29. The second-order valence-corrected chi connectivity index (χ2v) is 5.13. The summed E-state index contributed by atoms with van der Waals surface area (Å²) in [6, 6.07) is 17.0. The zero-order chi connectivity index (χ0) is 12.6. The van der Waals surface area contributed by atoms with E-state index in [2.05, 4.69) is 17.4 Å². The topological polar surface area (TPSA) is 12.0 Å². The molecule has 0 heterocycles. The molecular weight excluding hydrogens is 245 g/mol. The van der Waals surface area contributed by atoms with Crippen LogP contribution in [0.5, 0.6) is 0 Å². The van der Waals surface area contributed by atoms with Crippen molar-refractivity contribution in [2.45, 2.75) is 11.4 Å². The SMILES string of the molecule is Fc1ccc(CNCCSc2ccccc2)cc1. The number of benzene rings is 2. The van der Waals surface area contributed by atoms with Gasteiger partial charge in [0.15, 0.2) is 0 Å². The number of thioether (sulfide) groups is 1. The third-order valence-electron chi connectivity index (χ3n) is 2.53. The highest BCUT2D eigenvalue weighted by Gasteiger charge is 1.95. The lowest BCUT2D eigenvalue weighted by molar-refractivity contribution is 0.625. The predicted molar refractivity (Wildman–Crippen MR) is 75.3 cm³/mol. The molecule has 18 heavy (non-hydrogen) atoms. The van der Waals surface area contributed by atoms with Crippen molar-refractivity contribution < 1.29 is 4.39 Å². The molecule has 0 unspecified atom stereocenters. The minimum Gasteiger partial charge on any atom is -0.312 e. The van der Waals surface area contributed by atoms with Gasteiger partial charge in [0, 0.05) is 23.7 Å². The molecule has 0 aliphatic heterocycles. The monoisotopic (exact) mass is 261 g/mol. The van der Waals surface area contributed by atoms with Gasteiger partial charge in [0.2, 0.25) is 0 Å². The average Bonchev–Trinajstić information content (AvgIpc) is 2.42. The van der Waals surface area contributed by atoms with Crippen LogP contribution >= 0.6 is 11.8 Å². The van der Waals surface area contributed by atoms with Gasteiger partial charge in [-0.15, -0.1) is 11.8 Å². The van der Waals surface area contributed by atoms with E-state index in [0.29, 0.717) is 0 Å². The smallest absolute Gasteiger partial charge is 0.123 e. The molecule has 0 aromatic heterocycles. The first-order valence-corrected chi connectivity index (χ1v) is 6.96. The van der Waals surface area contributed by atoms with Crippen LogP contribution < -0.4 is 5.32 Å². The van der Waals surface area contributed by atoms with Gasteiger partial charge in [0.25, 0.3) is 0 Å². The Morgan fingerprint density at radius 3 is 2.39 bits per heavy atom. The Hall–Kier alpha value is -1.32. The van der Waals surface area contributed by atoms with E-state index in [0.717, 1.165) is 24.4 Å². The zero-order valence-corrected chi connectivity index (χ0v) is 10.9. The van der Waals surface area contributed by atoms with Crippen molar-refractivity contribution in [1.29, 1.82) is 0 Å². The lowest BCUT2D eigenvalue weighted by Gasteiger charge is -2.05. The van der Waals surface area contributed by atoms with Crippen molar-refractivity contribution in [1.82, 2.24) is 5.32 Å². The third-order valence-corrected chi connectivity index (χ3v) is 3.55. The maximum absolute atomic E-state index is 12.7. The first-order valence-electron chi connectivity index (χ1n) is 5.97. The molecule has 0 spiro atoms. The average molecular weight is 261 g/mol. The molecule has 0 aliphatic rings. The number of halogens is 1. The standard InChI is InChI=1S/C15H16FNS/c16-14-8-6-13(7-9-14)12-17-10-11-18-15-4-2-1-3-5-15/h1-9,17H,10-12H2. The quantitative estimate of drug-likeness (QED) is 0.628. The van der Waals surface area contributed by atoms with Gasteiger partial charge in [-0.05, 0) is 29.8 Å². The fourth-order valence-corrected chi connectivity index (χ4v) is 2.42. The van der Waals surface area contributed by atoms with Gasteiger partial charge in [-0.25, -0.2) is 4.39 Å². The van der Waals surface area contributed by atoms with E-state index >= 15 is 0 Å². The lowest BCUT2D eigenvalue weighted by atomic mass is 10.2. The molecule has 3 heteroatoms. The van der Waals surface area contributed by atoms with Crippen LogP contribution in [0.3, 0.4) is 0 Å². The molecule has 2 aromatic carbocycles. The minimum absolute atomic E-state index is 0.182. The van der Waals surface area contributed by atoms with E-state index in [1.54, 1.807) is 0 Å². The molecule has 0 bridgehead atoms. The van der Waals surface area contributed by atoms with Crippen LogP contribution in [-0.2, 0) is 6.54 Å². The summed E-state index contributed by atoms with van der Waals surface area (Å²) >= 11 is 1.84. The minimum atomic E-state index is -0.182. The highest BCUT2D eigenvalue weighted by atomic mass is 32.2. The van der Waals surface area contributed by atoms with Crippen LogP contribution in [0.2, 0.25) is 0 Å². The summed E-state index contributed by atoms with van der Waals surface area (Å²) in [6.07, 6.45) is 0. The molecule has 0 atom stereocenters. The lowest BCUT2D eigenvalue weighted by Crippen LogP contribution is -2.16. The van der Waals surface area contributed by atoms with E-state index < -0.39 is 0 Å². The summed E-state index contributed by atoms with van der Waals surface area (Å²) in [5.74, 6) is 0.851. The van der Waals surface area contributed by atoms with Gasteiger partial charge >= 0.3 is 0 Å². The Morgan fingerprint density at radius 2 is 1.67 bits per heavy atom. The highest BCUT2D eigenvalue weighted by Crippen LogP contribution is 2.15. The molecular formula is C15H16FNS. The maximum atomic E-state index is 12.7. The Balaban J connectivity index is 1.63. The van der Waals surface area contributed by atoms with Crippen LogP contribution in [0, 0.1) is 5.82 Å².